The van der Waals surface area contributed by atoms with E-state index < -0.39 is 17.1 Å². The summed E-state index contributed by atoms with van der Waals surface area (Å²) >= 11 is 0.817. The monoisotopic (exact) mass is 458 g/mol. The van der Waals surface area contributed by atoms with E-state index in [1.54, 1.807) is 12.1 Å². The van der Waals surface area contributed by atoms with Gasteiger partial charge in [0.2, 0.25) is 5.91 Å². The van der Waals surface area contributed by atoms with Crippen molar-refractivity contribution in [3.8, 4) is 11.5 Å². The number of nitrogens with zero attached hydrogens (tertiary/aromatic N) is 1. The SMILES string of the molecule is Cc1cc(C)cc(NC(=O)CN2C(=O)S/C(=C/c3cccc(Oc4ccccc4)c3)C2=O)c1. The van der Waals surface area contributed by atoms with Crippen LogP contribution in [0.4, 0.5) is 10.5 Å². The Bertz CT molecular complexity index is 1230. The van der Waals surface area contributed by atoms with Crippen LogP contribution in [0.5, 0.6) is 11.5 Å². The van der Waals surface area contributed by atoms with Crippen LogP contribution in [0.25, 0.3) is 6.08 Å². The van der Waals surface area contributed by atoms with E-state index in [9.17, 15) is 14.4 Å². The Hall–Kier alpha value is -3.84. The van der Waals surface area contributed by atoms with E-state index in [1.165, 1.54) is 0 Å². The maximum Gasteiger partial charge on any atom is 0.294 e. The molecule has 3 aromatic rings. The predicted molar refractivity (Wildman–Crippen MR) is 130 cm³/mol. The second kappa shape index (κ2) is 9.75. The fourth-order valence-electron chi connectivity index (χ4n) is 3.47. The summed E-state index contributed by atoms with van der Waals surface area (Å²) in [6.45, 7) is 3.53. The zero-order chi connectivity index (χ0) is 23.4. The molecule has 3 aromatic carbocycles. The maximum atomic E-state index is 12.8. The minimum Gasteiger partial charge on any atom is -0.457 e. The van der Waals surface area contributed by atoms with Crippen LogP contribution in [0.3, 0.4) is 0 Å². The summed E-state index contributed by atoms with van der Waals surface area (Å²) in [6, 6.07) is 22.3. The van der Waals surface area contributed by atoms with Gasteiger partial charge in [0.25, 0.3) is 11.1 Å². The van der Waals surface area contributed by atoms with Gasteiger partial charge in [-0.1, -0.05) is 36.4 Å². The standard InChI is InChI=1S/C26H22N2O4S/c1-17-11-18(2)13-20(12-17)27-24(29)16-28-25(30)23(33-26(28)31)15-19-7-6-10-22(14-19)32-21-8-4-3-5-9-21/h3-15H,16H2,1-2H3,(H,27,29)/b23-15+. The molecule has 0 unspecified atom stereocenters. The number of carbonyl (C=O) groups is 3. The zero-order valence-corrected chi connectivity index (χ0v) is 19.0. The number of hydrogen-bond acceptors (Lipinski definition) is 5. The van der Waals surface area contributed by atoms with Gasteiger partial charge in [-0.25, -0.2) is 0 Å². The lowest BCUT2D eigenvalue weighted by molar-refractivity contribution is -0.127. The number of thioether (sulfide) groups is 1. The first-order valence-corrected chi connectivity index (χ1v) is 11.2. The highest BCUT2D eigenvalue weighted by molar-refractivity contribution is 8.18. The van der Waals surface area contributed by atoms with Crippen LogP contribution in [-0.2, 0) is 9.59 Å². The van der Waals surface area contributed by atoms with Crippen molar-refractivity contribution < 1.29 is 19.1 Å². The number of aryl methyl sites for hydroxylation is 2. The van der Waals surface area contributed by atoms with Crippen LogP contribution in [0, 0.1) is 13.8 Å². The van der Waals surface area contributed by atoms with Gasteiger partial charge in [0.05, 0.1) is 4.91 Å². The highest BCUT2D eigenvalue weighted by Gasteiger charge is 2.36. The Morgan fingerprint density at radius 1 is 0.939 bits per heavy atom. The van der Waals surface area contributed by atoms with Crippen LogP contribution >= 0.6 is 11.8 Å². The van der Waals surface area contributed by atoms with Gasteiger partial charge in [-0.05, 0) is 84.8 Å². The molecule has 1 saturated heterocycles. The summed E-state index contributed by atoms with van der Waals surface area (Å²) in [6.07, 6.45) is 1.63. The van der Waals surface area contributed by atoms with Gasteiger partial charge < -0.3 is 10.1 Å². The molecule has 166 valence electrons. The lowest BCUT2D eigenvalue weighted by Gasteiger charge is -2.13. The molecule has 1 fully saturated rings. The number of para-hydroxylation sites is 1. The highest BCUT2D eigenvalue weighted by atomic mass is 32.2. The third kappa shape index (κ3) is 5.70. The summed E-state index contributed by atoms with van der Waals surface area (Å²) < 4.78 is 5.83. The van der Waals surface area contributed by atoms with Crippen molar-refractivity contribution in [3.05, 3.63) is 94.4 Å². The Morgan fingerprint density at radius 3 is 2.36 bits per heavy atom. The number of ether oxygens (including phenoxy) is 1. The van der Waals surface area contributed by atoms with Crippen LogP contribution in [0.1, 0.15) is 16.7 Å². The first-order valence-electron chi connectivity index (χ1n) is 10.3. The van der Waals surface area contributed by atoms with E-state index in [0.29, 0.717) is 22.7 Å². The average Bonchev–Trinajstić information content (AvgIpc) is 3.01. The van der Waals surface area contributed by atoms with Gasteiger partial charge in [-0.2, -0.15) is 0 Å². The van der Waals surface area contributed by atoms with Gasteiger partial charge >= 0.3 is 0 Å². The molecule has 33 heavy (non-hydrogen) atoms. The first-order chi connectivity index (χ1) is 15.9. The Balaban J connectivity index is 1.44. The quantitative estimate of drug-likeness (QED) is 0.475. The summed E-state index contributed by atoms with van der Waals surface area (Å²) in [7, 11) is 0. The molecule has 7 heteroatoms. The van der Waals surface area contributed by atoms with Crippen molar-refractivity contribution in [3.63, 3.8) is 0 Å². The lowest BCUT2D eigenvalue weighted by Crippen LogP contribution is -2.36. The molecule has 0 spiro atoms. The minimum atomic E-state index is -0.491. The van der Waals surface area contributed by atoms with E-state index in [-0.39, 0.29) is 11.4 Å². The molecule has 1 aliphatic rings. The zero-order valence-electron chi connectivity index (χ0n) is 18.2. The average molecular weight is 459 g/mol. The molecule has 0 radical (unpaired) electrons. The molecule has 0 bridgehead atoms. The second-order valence-corrected chi connectivity index (χ2v) is 8.67. The van der Waals surface area contributed by atoms with Crippen LogP contribution in [0.15, 0.2) is 77.7 Å². The van der Waals surface area contributed by atoms with Crippen molar-refractivity contribution in [2.24, 2.45) is 0 Å². The highest BCUT2D eigenvalue weighted by Crippen LogP contribution is 2.33. The van der Waals surface area contributed by atoms with Gasteiger partial charge in [-0.15, -0.1) is 0 Å². The number of hydrogen-bond donors (Lipinski definition) is 1. The van der Waals surface area contributed by atoms with Gasteiger partial charge in [0.15, 0.2) is 0 Å². The molecule has 3 amide bonds. The fourth-order valence-corrected chi connectivity index (χ4v) is 4.31. The van der Waals surface area contributed by atoms with E-state index in [2.05, 4.69) is 5.32 Å². The molecule has 0 aliphatic carbocycles. The maximum absolute atomic E-state index is 12.8. The number of amides is 3. The number of benzene rings is 3. The minimum absolute atomic E-state index is 0.260. The number of anilines is 1. The number of imide groups is 1. The number of rotatable bonds is 6. The van der Waals surface area contributed by atoms with Gasteiger partial charge in [-0.3, -0.25) is 19.3 Å². The first kappa shape index (κ1) is 22.4. The molecule has 0 atom stereocenters. The topological polar surface area (TPSA) is 75.7 Å². The van der Waals surface area contributed by atoms with Crippen LogP contribution in [0.2, 0.25) is 0 Å². The Morgan fingerprint density at radius 2 is 1.64 bits per heavy atom. The lowest BCUT2D eigenvalue weighted by atomic mass is 10.1. The smallest absolute Gasteiger partial charge is 0.294 e. The molecule has 0 saturated carbocycles. The van der Waals surface area contributed by atoms with Crippen molar-refractivity contribution >= 4 is 40.6 Å². The number of carbonyl (C=O) groups excluding carboxylic acids is 3. The Kier molecular flexibility index (Phi) is 6.60. The van der Waals surface area contributed by atoms with E-state index >= 15 is 0 Å². The normalized spacial score (nSPS) is 14.6. The van der Waals surface area contributed by atoms with Gasteiger partial charge in [0, 0.05) is 5.69 Å². The van der Waals surface area contributed by atoms with Crippen molar-refractivity contribution in [1.82, 2.24) is 4.90 Å². The predicted octanol–water partition coefficient (Wildman–Crippen LogP) is 5.77. The molecule has 4 rings (SSSR count). The van der Waals surface area contributed by atoms with Crippen LogP contribution in [-0.4, -0.2) is 28.5 Å². The van der Waals surface area contributed by atoms with Crippen molar-refractivity contribution in [2.75, 3.05) is 11.9 Å². The summed E-state index contributed by atoms with van der Waals surface area (Å²) in [4.78, 5) is 38.9. The second-order valence-electron chi connectivity index (χ2n) is 7.68. The fraction of sp³-hybridized carbons (Fsp3) is 0.115. The summed E-state index contributed by atoms with van der Waals surface area (Å²) in [5.74, 6) is 0.392. The molecule has 1 N–H and O–H groups in total. The van der Waals surface area contributed by atoms with E-state index in [4.69, 9.17) is 4.74 Å². The molecular formula is C26H22N2O4S. The third-order valence-electron chi connectivity index (χ3n) is 4.82. The largest absolute Gasteiger partial charge is 0.457 e. The third-order valence-corrected chi connectivity index (χ3v) is 5.72. The van der Waals surface area contributed by atoms with E-state index in [1.807, 2.05) is 80.6 Å². The molecule has 1 heterocycles. The molecule has 0 aromatic heterocycles. The molecule has 6 nitrogen and oxygen atoms in total. The molecular weight excluding hydrogens is 436 g/mol. The van der Waals surface area contributed by atoms with Crippen LogP contribution < -0.4 is 10.1 Å². The van der Waals surface area contributed by atoms with E-state index in [0.717, 1.165) is 27.8 Å². The van der Waals surface area contributed by atoms with Crippen molar-refractivity contribution in [2.45, 2.75) is 13.8 Å². The number of nitrogens with one attached hydrogen (secondary N) is 1. The summed E-state index contributed by atoms with van der Waals surface area (Å²) in [5, 5.41) is 2.28. The van der Waals surface area contributed by atoms with Gasteiger partial charge in [0.1, 0.15) is 18.0 Å². The Labute approximate surface area is 196 Å². The van der Waals surface area contributed by atoms with Crippen molar-refractivity contribution in [1.29, 1.82) is 0 Å². The molecule has 1 aliphatic heterocycles. The summed E-state index contributed by atoms with van der Waals surface area (Å²) in [5.41, 5.74) is 3.37.